The summed E-state index contributed by atoms with van der Waals surface area (Å²) in [4.78, 5) is 36.8. The molecule has 2 aromatic carbocycles. The predicted molar refractivity (Wildman–Crippen MR) is 97.6 cm³/mol. The highest BCUT2D eigenvalue weighted by atomic mass is 35.5. The average Bonchev–Trinajstić information content (AvgIpc) is 2.89. The average molecular weight is 404 g/mol. The van der Waals surface area contributed by atoms with Crippen molar-refractivity contribution in [2.75, 3.05) is 0 Å². The van der Waals surface area contributed by atoms with Crippen LogP contribution in [0.4, 0.5) is 4.39 Å². The molecule has 0 fully saturated rings. The van der Waals surface area contributed by atoms with Gasteiger partial charge in [0, 0.05) is 18.1 Å². The number of carbonyl (C=O) groups is 3. The van der Waals surface area contributed by atoms with E-state index >= 15 is 0 Å². The minimum absolute atomic E-state index is 0.122. The number of carbonyl (C=O) groups excluding carboxylic acids is 3. The van der Waals surface area contributed by atoms with E-state index in [-0.39, 0.29) is 16.5 Å². The Morgan fingerprint density at radius 3 is 2.46 bits per heavy atom. The number of ketones is 1. The van der Waals surface area contributed by atoms with Gasteiger partial charge in [-0.3, -0.25) is 19.7 Å². The molecule has 2 aromatic rings. The van der Waals surface area contributed by atoms with E-state index < -0.39 is 34.8 Å². The summed E-state index contributed by atoms with van der Waals surface area (Å²) in [6.07, 6.45) is 0. The van der Waals surface area contributed by atoms with E-state index in [2.05, 4.69) is 5.32 Å². The Labute approximate surface area is 164 Å². The molecule has 1 N–H and O–H groups in total. The summed E-state index contributed by atoms with van der Waals surface area (Å²) in [7, 11) is 0. The lowest BCUT2D eigenvalue weighted by molar-refractivity contribution is -0.142. The van der Waals surface area contributed by atoms with Crippen LogP contribution in [0.5, 0.6) is 0 Å². The molecule has 0 spiro atoms. The molecule has 6 nitrogen and oxygen atoms in total. The first-order chi connectivity index (χ1) is 13.2. The Morgan fingerprint density at radius 1 is 1.18 bits per heavy atom. The molecule has 8 heteroatoms. The van der Waals surface area contributed by atoms with Crippen molar-refractivity contribution in [2.24, 2.45) is 0 Å². The zero-order valence-electron chi connectivity index (χ0n) is 14.9. The SMILES string of the molecule is CC(=O)OC1=C(NC(=O)c2ccccc2)OC(C)(c2ccc(Cl)c(F)c2)C1=O. The van der Waals surface area contributed by atoms with E-state index in [1.54, 1.807) is 30.3 Å². The van der Waals surface area contributed by atoms with Crippen LogP contribution in [-0.4, -0.2) is 17.7 Å². The van der Waals surface area contributed by atoms with Crippen molar-refractivity contribution >= 4 is 29.3 Å². The molecule has 1 aliphatic heterocycles. The van der Waals surface area contributed by atoms with Gasteiger partial charge in [0.15, 0.2) is 5.60 Å². The Kier molecular flexibility index (Phi) is 5.20. The smallest absolute Gasteiger partial charge is 0.308 e. The van der Waals surface area contributed by atoms with Gasteiger partial charge in [0.25, 0.3) is 11.7 Å². The van der Waals surface area contributed by atoms with Crippen molar-refractivity contribution in [1.29, 1.82) is 0 Å². The maximum absolute atomic E-state index is 13.9. The van der Waals surface area contributed by atoms with Gasteiger partial charge in [-0.1, -0.05) is 35.9 Å². The third kappa shape index (κ3) is 3.61. The third-order valence-corrected chi connectivity index (χ3v) is 4.44. The maximum Gasteiger partial charge on any atom is 0.308 e. The zero-order valence-corrected chi connectivity index (χ0v) is 15.7. The fourth-order valence-electron chi connectivity index (χ4n) is 2.68. The molecule has 0 aromatic heterocycles. The number of rotatable bonds is 4. The molecule has 1 amide bonds. The normalized spacial score (nSPS) is 18.6. The number of nitrogens with one attached hydrogen (secondary N) is 1. The second-order valence-electron chi connectivity index (χ2n) is 6.17. The monoisotopic (exact) mass is 403 g/mol. The van der Waals surface area contributed by atoms with Crippen molar-refractivity contribution in [3.63, 3.8) is 0 Å². The van der Waals surface area contributed by atoms with Crippen LogP contribution in [0.1, 0.15) is 29.8 Å². The van der Waals surface area contributed by atoms with Crippen LogP contribution in [0.3, 0.4) is 0 Å². The lowest BCUT2D eigenvalue weighted by Crippen LogP contribution is -2.32. The summed E-state index contributed by atoms with van der Waals surface area (Å²) in [5, 5.41) is 2.31. The molecule has 1 aliphatic rings. The molecule has 3 rings (SSSR count). The van der Waals surface area contributed by atoms with Crippen LogP contribution in [-0.2, 0) is 24.7 Å². The molecule has 0 bridgehead atoms. The van der Waals surface area contributed by atoms with Crippen LogP contribution in [0.2, 0.25) is 5.02 Å². The van der Waals surface area contributed by atoms with Gasteiger partial charge in [-0.2, -0.15) is 0 Å². The number of halogens is 2. The molecule has 1 heterocycles. The summed E-state index contributed by atoms with van der Waals surface area (Å²) in [6.45, 7) is 2.48. The highest BCUT2D eigenvalue weighted by molar-refractivity contribution is 6.30. The Bertz CT molecular complexity index is 1000. The van der Waals surface area contributed by atoms with Crippen molar-refractivity contribution < 1.29 is 28.2 Å². The minimum Gasteiger partial charge on any atom is -0.456 e. The first-order valence-electron chi connectivity index (χ1n) is 8.21. The molecule has 0 saturated carbocycles. The second kappa shape index (κ2) is 7.44. The molecule has 0 radical (unpaired) electrons. The van der Waals surface area contributed by atoms with Crippen LogP contribution in [0, 0.1) is 5.82 Å². The largest absolute Gasteiger partial charge is 0.456 e. The van der Waals surface area contributed by atoms with E-state index in [1.165, 1.54) is 19.1 Å². The standard InChI is InChI=1S/C20H15ClFNO5/c1-11(24)27-16-17(25)20(2,13-8-9-14(21)15(22)10-13)28-19(16)23-18(26)12-6-4-3-5-7-12/h3-10H,1-2H3,(H,23,26). The van der Waals surface area contributed by atoms with Crippen molar-refractivity contribution in [3.05, 3.63) is 82.1 Å². The quantitative estimate of drug-likeness (QED) is 0.791. The topological polar surface area (TPSA) is 81.7 Å². The number of hydrogen-bond donors (Lipinski definition) is 1. The molecule has 0 aliphatic carbocycles. The van der Waals surface area contributed by atoms with Gasteiger partial charge in [0.1, 0.15) is 5.82 Å². The highest BCUT2D eigenvalue weighted by Crippen LogP contribution is 2.39. The molecule has 28 heavy (non-hydrogen) atoms. The van der Waals surface area contributed by atoms with E-state index in [0.29, 0.717) is 5.56 Å². The Balaban J connectivity index is 1.97. The molecule has 1 atom stereocenters. The van der Waals surface area contributed by atoms with E-state index in [4.69, 9.17) is 21.1 Å². The van der Waals surface area contributed by atoms with Crippen LogP contribution in [0.15, 0.2) is 60.2 Å². The van der Waals surface area contributed by atoms with Gasteiger partial charge < -0.3 is 9.47 Å². The molecular formula is C20H15ClFNO5. The first kappa shape index (κ1) is 19.6. The molecule has 144 valence electrons. The van der Waals surface area contributed by atoms with Gasteiger partial charge in [0.05, 0.1) is 5.02 Å². The van der Waals surface area contributed by atoms with Gasteiger partial charge in [-0.25, -0.2) is 4.39 Å². The maximum atomic E-state index is 13.9. The number of amides is 1. The van der Waals surface area contributed by atoms with Crippen molar-refractivity contribution in [3.8, 4) is 0 Å². The molecular weight excluding hydrogens is 389 g/mol. The summed E-state index contributed by atoms with van der Waals surface area (Å²) < 4.78 is 24.5. The van der Waals surface area contributed by atoms with E-state index in [9.17, 15) is 18.8 Å². The van der Waals surface area contributed by atoms with Crippen LogP contribution in [0.25, 0.3) is 0 Å². The van der Waals surface area contributed by atoms with Crippen LogP contribution >= 0.6 is 11.6 Å². The van der Waals surface area contributed by atoms with Gasteiger partial charge in [0.2, 0.25) is 11.6 Å². The zero-order chi connectivity index (χ0) is 20.5. The number of hydrogen-bond acceptors (Lipinski definition) is 5. The lowest BCUT2D eigenvalue weighted by Gasteiger charge is -2.23. The summed E-state index contributed by atoms with van der Waals surface area (Å²) >= 11 is 5.69. The number of esters is 1. The lowest BCUT2D eigenvalue weighted by atomic mass is 9.91. The molecule has 0 saturated heterocycles. The first-order valence-corrected chi connectivity index (χ1v) is 8.58. The number of benzene rings is 2. The van der Waals surface area contributed by atoms with Crippen LogP contribution < -0.4 is 5.32 Å². The van der Waals surface area contributed by atoms with Gasteiger partial charge in [-0.05, 0) is 31.2 Å². The summed E-state index contributed by atoms with van der Waals surface area (Å²) in [5.74, 6) is -3.62. The van der Waals surface area contributed by atoms with Crippen molar-refractivity contribution in [2.45, 2.75) is 19.4 Å². The Hall–Kier alpha value is -3.19. The minimum atomic E-state index is -1.71. The number of Topliss-reactive ketones (excluding diaryl/α,β-unsaturated/α-hetero) is 1. The third-order valence-electron chi connectivity index (χ3n) is 4.13. The second-order valence-corrected chi connectivity index (χ2v) is 6.57. The van der Waals surface area contributed by atoms with E-state index in [1.807, 2.05) is 0 Å². The van der Waals surface area contributed by atoms with Crippen molar-refractivity contribution in [1.82, 2.24) is 5.32 Å². The highest BCUT2D eigenvalue weighted by Gasteiger charge is 2.50. The fourth-order valence-corrected chi connectivity index (χ4v) is 2.80. The van der Waals surface area contributed by atoms with E-state index in [0.717, 1.165) is 13.0 Å². The van der Waals surface area contributed by atoms with Gasteiger partial charge >= 0.3 is 5.97 Å². The fraction of sp³-hybridized carbons (Fsp3) is 0.150. The number of ether oxygens (including phenoxy) is 2. The predicted octanol–water partition coefficient (Wildman–Crippen LogP) is 3.46. The molecule has 1 unspecified atom stereocenters. The summed E-state index contributed by atoms with van der Waals surface area (Å²) in [5.41, 5.74) is -1.26. The Morgan fingerprint density at radius 2 is 1.86 bits per heavy atom. The van der Waals surface area contributed by atoms with Gasteiger partial charge in [-0.15, -0.1) is 0 Å². The summed E-state index contributed by atoms with van der Waals surface area (Å²) in [6, 6.07) is 11.9.